The highest BCUT2D eigenvalue weighted by molar-refractivity contribution is 7.90. The monoisotopic (exact) mass is 353 g/mol. The van der Waals surface area contributed by atoms with Gasteiger partial charge in [0.25, 0.3) is 0 Å². The molecule has 24 heavy (non-hydrogen) atoms. The molecule has 5 nitrogen and oxygen atoms in total. The fraction of sp³-hybridized carbons (Fsp3) is 0.667. The van der Waals surface area contributed by atoms with Crippen LogP contribution in [0, 0.1) is 0 Å². The molecule has 1 N–H and O–H groups in total. The van der Waals surface area contributed by atoms with E-state index in [1.54, 1.807) is 24.3 Å². The predicted molar refractivity (Wildman–Crippen MR) is 93.2 cm³/mol. The highest BCUT2D eigenvalue weighted by Gasteiger charge is 2.26. The first-order chi connectivity index (χ1) is 11.5. The van der Waals surface area contributed by atoms with Crippen LogP contribution in [0.15, 0.2) is 29.2 Å². The largest absolute Gasteiger partial charge is 0.490 e. The second-order valence-electron chi connectivity index (χ2n) is 6.85. The molecule has 2 fully saturated rings. The van der Waals surface area contributed by atoms with Crippen molar-refractivity contribution in [3.8, 4) is 5.75 Å². The third-order valence-corrected chi connectivity index (χ3v) is 5.98. The fourth-order valence-corrected chi connectivity index (χ4v) is 4.08. The normalized spacial score (nSPS) is 26.2. The van der Waals surface area contributed by atoms with Gasteiger partial charge in [0.15, 0.2) is 9.84 Å². The molecule has 0 aromatic heterocycles. The number of rotatable bonds is 5. The number of ether oxygens (including phenoxy) is 2. The zero-order chi connectivity index (χ0) is 17.0. The molecule has 1 aromatic rings. The van der Waals surface area contributed by atoms with E-state index in [2.05, 4.69) is 5.32 Å². The van der Waals surface area contributed by atoms with E-state index in [-0.39, 0.29) is 6.10 Å². The van der Waals surface area contributed by atoms with E-state index < -0.39 is 9.84 Å². The Morgan fingerprint density at radius 3 is 2.00 bits per heavy atom. The summed E-state index contributed by atoms with van der Waals surface area (Å²) in [5.74, 6) is 0.741. The maximum absolute atomic E-state index is 11.5. The molecule has 0 unspecified atom stereocenters. The summed E-state index contributed by atoms with van der Waals surface area (Å²) in [6.45, 7) is 2.12. The zero-order valence-electron chi connectivity index (χ0n) is 14.2. The first kappa shape index (κ1) is 17.7. The van der Waals surface area contributed by atoms with Crippen LogP contribution in [-0.4, -0.2) is 46.1 Å². The van der Waals surface area contributed by atoms with E-state index in [9.17, 15) is 8.42 Å². The minimum Gasteiger partial charge on any atom is -0.490 e. The SMILES string of the molecule is CS(=O)(=O)c1ccc(OC2CCC(OC3CCNCC3)CC2)cc1. The lowest BCUT2D eigenvalue weighted by Crippen LogP contribution is -2.37. The van der Waals surface area contributed by atoms with E-state index in [1.165, 1.54) is 6.26 Å². The van der Waals surface area contributed by atoms with E-state index in [4.69, 9.17) is 9.47 Å². The first-order valence-electron chi connectivity index (χ1n) is 8.83. The average Bonchev–Trinajstić information content (AvgIpc) is 2.57. The number of sulfone groups is 1. The van der Waals surface area contributed by atoms with Crippen molar-refractivity contribution in [3.63, 3.8) is 0 Å². The first-order valence-corrected chi connectivity index (χ1v) is 10.7. The van der Waals surface area contributed by atoms with Gasteiger partial charge in [0.1, 0.15) is 5.75 Å². The Bertz CT molecular complexity index is 615. The van der Waals surface area contributed by atoms with Crippen molar-refractivity contribution >= 4 is 9.84 Å². The van der Waals surface area contributed by atoms with Crippen molar-refractivity contribution < 1.29 is 17.9 Å². The Morgan fingerprint density at radius 2 is 1.42 bits per heavy atom. The van der Waals surface area contributed by atoms with Gasteiger partial charge in [-0.25, -0.2) is 8.42 Å². The van der Waals surface area contributed by atoms with Gasteiger partial charge in [-0.3, -0.25) is 0 Å². The standard InChI is InChI=1S/C18H27NO4S/c1-24(20,21)18-8-6-16(7-9-18)22-14-2-4-15(5-3-14)23-17-10-12-19-13-11-17/h6-9,14-15,17,19H,2-5,10-13H2,1H3. The molecule has 3 rings (SSSR count). The Balaban J connectivity index is 1.45. The summed E-state index contributed by atoms with van der Waals surface area (Å²) in [4.78, 5) is 0.328. The molecule has 0 amide bonds. The smallest absolute Gasteiger partial charge is 0.175 e. The molecule has 0 radical (unpaired) electrons. The average molecular weight is 353 g/mol. The van der Waals surface area contributed by atoms with E-state index in [0.717, 1.165) is 57.4 Å². The van der Waals surface area contributed by atoms with Crippen LogP contribution >= 0.6 is 0 Å². The Morgan fingerprint density at radius 1 is 0.875 bits per heavy atom. The second kappa shape index (κ2) is 7.85. The molecule has 1 saturated heterocycles. The van der Waals surface area contributed by atoms with Crippen molar-refractivity contribution in [2.45, 2.75) is 61.7 Å². The molecular formula is C18H27NO4S. The highest BCUT2D eigenvalue weighted by Crippen LogP contribution is 2.27. The van der Waals surface area contributed by atoms with Gasteiger partial charge in [-0.05, 0) is 75.9 Å². The van der Waals surface area contributed by atoms with Crippen LogP contribution in [0.3, 0.4) is 0 Å². The molecule has 0 atom stereocenters. The molecule has 134 valence electrons. The zero-order valence-corrected chi connectivity index (χ0v) is 15.1. The van der Waals surface area contributed by atoms with Gasteiger partial charge in [0.05, 0.1) is 23.2 Å². The lowest BCUT2D eigenvalue weighted by Gasteiger charge is -2.33. The summed E-state index contributed by atoms with van der Waals surface area (Å²) in [6.07, 6.45) is 8.47. The molecule has 1 aliphatic carbocycles. The summed E-state index contributed by atoms with van der Waals surface area (Å²) in [6, 6.07) is 6.70. The van der Waals surface area contributed by atoms with Crippen LogP contribution in [0.25, 0.3) is 0 Å². The number of piperidine rings is 1. The Kier molecular flexibility index (Phi) is 5.79. The van der Waals surface area contributed by atoms with Crippen molar-refractivity contribution in [1.29, 1.82) is 0 Å². The summed E-state index contributed by atoms with van der Waals surface area (Å²) < 4.78 is 35.2. The van der Waals surface area contributed by atoms with Gasteiger partial charge in [-0.2, -0.15) is 0 Å². The minimum atomic E-state index is -3.15. The van der Waals surface area contributed by atoms with Gasteiger partial charge < -0.3 is 14.8 Å². The molecule has 1 aliphatic heterocycles. The van der Waals surface area contributed by atoms with E-state index in [1.807, 2.05) is 0 Å². The molecular weight excluding hydrogens is 326 g/mol. The van der Waals surface area contributed by atoms with Gasteiger partial charge in [-0.15, -0.1) is 0 Å². The molecule has 1 aromatic carbocycles. The van der Waals surface area contributed by atoms with Crippen LogP contribution in [0.2, 0.25) is 0 Å². The summed E-state index contributed by atoms with van der Waals surface area (Å²) >= 11 is 0. The molecule has 1 saturated carbocycles. The number of benzene rings is 1. The topological polar surface area (TPSA) is 64.6 Å². The quantitative estimate of drug-likeness (QED) is 0.881. The molecule has 2 aliphatic rings. The third-order valence-electron chi connectivity index (χ3n) is 4.85. The van der Waals surface area contributed by atoms with Gasteiger partial charge in [0.2, 0.25) is 0 Å². The number of nitrogens with one attached hydrogen (secondary N) is 1. The lowest BCUT2D eigenvalue weighted by molar-refractivity contribution is -0.0548. The van der Waals surface area contributed by atoms with Gasteiger partial charge >= 0.3 is 0 Å². The van der Waals surface area contributed by atoms with Crippen LogP contribution in [-0.2, 0) is 14.6 Å². The predicted octanol–water partition coefficient (Wildman–Crippen LogP) is 2.55. The highest BCUT2D eigenvalue weighted by atomic mass is 32.2. The second-order valence-corrected chi connectivity index (χ2v) is 8.86. The van der Waals surface area contributed by atoms with Crippen LogP contribution in [0.1, 0.15) is 38.5 Å². The molecule has 6 heteroatoms. The number of hydrogen-bond donors (Lipinski definition) is 1. The van der Waals surface area contributed by atoms with Crippen molar-refractivity contribution in [1.82, 2.24) is 5.32 Å². The van der Waals surface area contributed by atoms with Crippen LogP contribution in [0.4, 0.5) is 0 Å². The third kappa shape index (κ3) is 4.94. The fourth-order valence-electron chi connectivity index (χ4n) is 3.45. The Labute approximate surface area is 144 Å². The van der Waals surface area contributed by atoms with Gasteiger partial charge in [0, 0.05) is 6.26 Å². The van der Waals surface area contributed by atoms with Crippen molar-refractivity contribution in [2.24, 2.45) is 0 Å². The summed E-state index contributed by atoms with van der Waals surface area (Å²) in [5, 5.41) is 3.36. The van der Waals surface area contributed by atoms with Gasteiger partial charge in [-0.1, -0.05) is 0 Å². The molecule has 1 heterocycles. The maximum Gasteiger partial charge on any atom is 0.175 e. The van der Waals surface area contributed by atoms with E-state index >= 15 is 0 Å². The lowest BCUT2D eigenvalue weighted by atomic mass is 9.94. The number of hydrogen-bond acceptors (Lipinski definition) is 5. The Hall–Kier alpha value is -1.11. The van der Waals surface area contributed by atoms with Crippen LogP contribution < -0.4 is 10.1 Å². The molecule has 0 bridgehead atoms. The maximum atomic E-state index is 11.5. The van der Waals surface area contributed by atoms with Crippen molar-refractivity contribution in [2.75, 3.05) is 19.3 Å². The van der Waals surface area contributed by atoms with Crippen LogP contribution in [0.5, 0.6) is 5.75 Å². The summed E-state index contributed by atoms with van der Waals surface area (Å²) in [7, 11) is -3.15. The molecule has 0 spiro atoms. The van der Waals surface area contributed by atoms with Crippen molar-refractivity contribution in [3.05, 3.63) is 24.3 Å². The van der Waals surface area contributed by atoms with E-state index in [0.29, 0.717) is 17.1 Å². The summed E-state index contributed by atoms with van der Waals surface area (Å²) in [5.41, 5.74) is 0. The minimum absolute atomic E-state index is 0.196.